The molecule has 0 aromatic carbocycles. The zero-order valence-corrected chi connectivity index (χ0v) is 13.9. The number of carboxylic acid groups (broad SMARTS) is 1. The zero-order chi connectivity index (χ0) is 16.4. The second kappa shape index (κ2) is 6.15. The van der Waals surface area contributed by atoms with E-state index in [9.17, 15) is 13.2 Å². The smallest absolute Gasteiger partial charge is 0.305 e. The molecular weight excluding hydrogens is 294 g/mol. The summed E-state index contributed by atoms with van der Waals surface area (Å²) >= 11 is 0. The lowest BCUT2D eigenvalue weighted by Crippen LogP contribution is -2.32. The molecule has 1 heterocycles. The van der Waals surface area contributed by atoms with Gasteiger partial charge in [0.1, 0.15) is 4.90 Å². The molecular formula is C13H23N3O4S. The first-order valence-electron chi connectivity index (χ1n) is 6.69. The van der Waals surface area contributed by atoms with Gasteiger partial charge in [-0.25, -0.2) is 13.1 Å². The molecule has 0 unspecified atom stereocenters. The number of hydrogen-bond acceptors (Lipinski definition) is 4. The summed E-state index contributed by atoms with van der Waals surface area (Å²) in [6.45, 7) is 9.51. The van der Waals surface area contributed by atoms with Crippen LogP contribution >= 0.6 is 0 Å². The van der Waals surface area contributed by atoms with E-state index in [4.69, 9.17) is 5.11 Å². The van der Waals surface area contributed by atoms with Gasteiger partial charge in [0, 0.05) is 6.54 Å². The van der Waals surface area contributed by atoms with Crippen LogP contribution in [0.2, 0.25) is 0 Å². The highest BCUT2D eigenvalue weighted by atomic mass is 32.2. The van der Waals surface area contributed by atoms with Crippen molar-refractivity contribution in [2.75, 3.05) is 6.54 Å². The minimum absolute atomic E-state index is 0.100. The summed E-state index contributed by atoms with van der Waals surface area (Å²) in [7, 11) is -3.65. The molecule has 21 heavy (non-hydrogen) atoms. The Morgan fingerprint density at radius 3 is 2.38 bits per heavy atom. The van der Waals surface area contributed by atoms with Gasteiger partial charge in [-0.15, -0.1) is 0 Å². The molecule has 1 aromatic heterocycles. The van der Waals surface area contributed by atoms with E-state index in [1.165, 1.54) is 4.68 Å². The predicted octanol–water partition coefficient (Wildman–Crippen LogP) is 1.30. The van der Waals surface area contributed by atoms with Crippen LogP contribution in [0.25, 0.3) is 0 Å². The summed E-state index contributed by atoms with van der Waals surface area (Å²) in [6.07, 6.45) is -0.100. The number of sulfonamides is 1. The Kier molecular flexibility index (Phi) is 5.16. The fourth-order valence-corrected chi connectivity index (χ4v) is 3.56. The third kappa shape index (κ3) is 4.82. The first-order chi connectivity index (χ1) is 9.44. The van der Waals surface area contributed by atoms with Crippen molar-refractivity contribution in [3.05, 3.63) is 11.4 Å². The van der Waals surface area contributed by atoms with Crippen molar-refractivity contribution in [2.45, 2.75) is 52.5 Å². The number of hydrogen-bond donors (Lipinski definition) is 2. The molecule has 0 atom stereocenters. The van der Waals surface area contributed by atoms with Crippen molar-refractivity contribution in [1.82, 2.24) is 14.5 Å². The van der Waals surface area contributed by atoms with Crippen molar-refractivity contribution < 1.29 is 18.3 Å². The maximum absolute atomic E-state index is 12.4. The van der Waals surface area contributed by atoms with E-state index in [0.717, 1.165) is 0 Å². The van der Waals surface area contributed by atoms with Crippen LogP contribution in [0.15, 0.2) is 4.90 Å². The van der Waals surface area contributed by atoms with Crippen LogP contribution in [0.4, 0.5) is 0 Å². The van der Waals surface area contributed by atoms with Gasteiger partial charge in [0.25, 0.3) is 0 Å². The largest absolute Gasteiger partial charge is 0.481 e. The number of carboxylic acids is 1. The van der Waals surface area contributed by atoms with Crippen LogP contribution in [0.5, 0.6) is 0 Å². The summed E-state index contributed by atoms with van der Waals surface area (Å²) in [5, 5.41) is 12.8. The van der Waals surface area contributed by atoms with Gasteiger partial charge in [-0.1, -0.05) is 20.8 Å². The van der Waals surface area contributed by atoms with E-state index in [-0.39, 0.29) is 23.3 Å². The summed E-state index contributed by atoms with van der Waals surface area (Å²) in [5.74, 6) is -0.946. The van der Waals surface area contributed by atoms with E-state index in [2.05, 4.69) is 9.82 Å². The number of rotatable bonds is 6. The molecule has 0 aliphatic heterocycles. The van der Waals surface area contributed by atoms with Crippen LogP contribution in [-0.2, 0) is 21.4 Å². The Morgan fingerprint density at radius 2 is 1.90 bits per heavy atom. The minimum Gasteiger partial charge on any atom is -0.481 e. The molecule has 7 nitrogen and oxygen atoms in total. The standard InChI is InChI=1S/C13H23N3O4S/c1-9-12(21(19,20)14-8-13(3,4)5)10(2)16(15-9)7-6-11(17)18/h14H,6-8H2,1-5H3,(H,17,18). The van der Waals surface area contributed by atoms with Gasteiger partial charge in [-0.3, -0.25) is 9.48 Å². The molecule has 0 amide bonds. The molecule has 0 saturated carbocycles. The normalized spacial score (nSPS) is 12.6. The third-order valence-electron chi connectivity index (χ3n) is 2.91. The maximum atomic E-state index is 12.4. The van der Waals surface area contributed by atoms with E-state index in [1.807, 2.05) is 20.8 Å². The lowest BCUT2D eigenvalue weighted by atomic mass is 9.98. The average molecular weight is 317 g/mol. The van der Waals surface area contributed by atoms with Crippen LogP contribution < -0.4 is 4.72 Å². The van der Waals surface area contributed by atoms with Gasteiger partial charge in [-0.05, 0) is 19.3 Å². The third-order valence-corrected chi connectivity index (χ3v) is 4.57. The van der Waals surface area contributed by atoms with Crippen LogP contribution in [0.3, 0.4) is 0 Å². The Balaban J connectivity index is 3.04. The Morgan fingerprint density at radius 1 is 1.33 bits per heavy atom. The quantitative estimate of drug-likeness (QED) is 0.823. The summed E-state index contributed by atoms with van der Waals surface area (Å²) in [5.41, 5.74) is 0.656. The highest BCUT2D eigenvalue weighted by molar-refractivity contribution is 7.89. The highest BCUT2D eigenvalue weighted by Gasteiger charge is 2.26. The predicted molar refractivity (Wildman–Crippen MR) is 78.6 cm³/mol. The number of aryl methyl sites for hydroxylation is 2. The molecule has 2 N–H and O–H groups in total. The highest BCUT2D eigenvalue weighted by Crippen LogP contribution is 2.21. The first-order valence-corrected chi connectivity index (χ1v) is 8.18. The van der Waals surface area contributed by atoms with E-state index >= 15 is 0 Å². The van der Waals surface area contributed by atoms with Crippen molar-refractivity contribution in [2.24, 2.45) is 5.41 Å². The Bertz CT molecular complexity index is 627. The zero-order valence-electron chi connectivity index (χ0n) is 13.1. The molecule has 1 aromatic rings. The van der Waals surface area contributed by atoms with Gasteiger partial charge in [0.05, 0.1) is 24.4 Å². The molecule has 1 rings (SSSR count). The number of carbonyl (C=O) groups is 1. The summed E-state index contributed by atoms with van der Waals surface area (Å²) in [6, 6.07) is 0. The lowest BCUT2D eigenvalue weighted by Gasteiger charge is -2.18. The van der Waals surface area contributed by atoms with Crippen molar-refractivity contribution in [3.63, 3.8) is 0 Å². The fourth-order valence-electron chi connectivity index (χ4n) is 1.87. The number of aromatic nitrogens is 2. The minimum atomic E-state index is -3.65. The van der Waals surface area contributed by atoms with E-state index < -0.39 is 16.0 Å². The van der Waals surface area contributed by atoms with Gasteiger partial charge < -0.3 is 5.11 Å². The maximum Gasteiger partial charge on any atom is 0.305 e. The summed E-state index contributed by atoms with van der Waals surface area (Å²) < 4.78 is 28.8. The van der Waals surface area contributed by atoms with E-state index in [0.29, 0.717) is 17.9 Å². The lowest BCUT2D eigenvalue weighted by molar-refractivity contribution is -0.137. The van der Waals surface area contributed by atoms with Crippen molar-refractivity contribution in [1.29, 1.82) is 0 Å². The van der Waals surface area contributed by atoms with Gasteiger partial charge in [0.15, 0.2) is 0 Å². The Labute approximate surface area is 125 Å². The molecule has 0 radical (unpaired) electrons. The summed E-state index contributed by atoms with van der Waals surface area (Å²) in [4.78, 5) is 10.7. The number of nitrogens with zero attached hydrogens (tertiary/aromatic N) is 2. The first kappa shape index (κ1) is 17.6. The monoisotopic (exact) mass is 317 g/mol. The second-order valence-electron chi connectivity index (χ2n) is 6.25. The molecule has 0 aliphatic carbocycles. The molecule has 0 aliphatic rings. The second-order valence-corrected chi connectivity index (χ2v) is 7.96. The van der Waals surface area contributed by atoms with Crippen LogP contribution in [0, 0.1) is 19.3 Å². The molecule has 120 valence electrons. The Hall–Kier alpha value is -1.41. The van der Waals surface area contributed by atoms with Crippen molar-refractivity contribution in [3.8, 4) is 0 Å². The van der Waals surface area contributed by atoms with Crippen LogP contribution in [0.1, 0.15) is 38.6 Å². The van der Waals surface area contributed by atoms with E-state index in [1.54, 1.807) is 13.8 Å². The fraction of sp³-hybridized carbons (Fsp3) is 0.692. The molecule has 0 bridgehead atoms. The van der Waals surface area contributed by atoms with Crippen LogP contribution in [-0.4, -0.2) is 35.8 Å². The van der Waals surface area contributed by atoms with Gasteiger partial charge in [-0.2, -0.15) is 5.10 Å². The topological polar surface area (TPSA) is 101 Å². The SMILES string of the molecule is Cc1nn(CCC(=O)O)c(C)c1S(=O)(=O)NCC(C)(C)C. The average Bonchev–Trinajstić information content (AvgIpc) is 2.59. The van der Waals surface area contributed by atoms with Gasteiger partial charge in [0.2, 0.25) is 10.0 Å². The molecule has 8 heteroatoms. The number of aliphatic carboxylic acids is 1. The van der Waals surface area contributed by atoms with Crippen molar-refractivity contribution >= 4 is 16.0 Å². The number of nitrogens with one attached hydrogen (secondary N) is 1. The molecule has 0 spiro atoms. The molecule has 0 saturated heterocycles. The molecule has 0 fully saturated rings. The van der Waals surface area contributed by atoms with Gasteiger partial charge >= 0.3 is 5.97 Å².